The number of nitrogens with one attached hydrogen (secondary N) is 2. The van der Waals surface area contributed by atoms with Crippen LogP contribution in [0, 0.1) is 12.8 Å². The minimum atomic E-state index is -3.89. The van der Waals surface area contributed by atoms with Gasteiger partial charge in [-0.25, -0.2) is 13.2 Å². The quantitative estimate of drug-likeness (QED) is 0.571. The fraction of sp³-hybridized carbons (Fsp3) is 0.556. The summed E-state index contributed by atoms with van der Waals surface area (Å²) >= 11 is 0. The molecule has 0 bridgehead atoms. The molecule has 0 aromatic heterocycles. The number of rotatable bonds is 10. The van der Waals surface area contributed by atoms with Crippen molar-refractivity contribution in [2.45, 2.75) is 63.9 Å². The van der Waals surface area contributed by atoms with E-state index >= 15 is 0 Å². The first-order chi connectivity index (χ1) is 12.1. The third-order valence-corrected chi connectivity index (χ3v) is 5.33. The Hall–Kier alpha value is -1.93. The lowest BCUT2D eigenvalue weighted by atomic mass is 10.0. The number of amides is 1. The molecule has 7 nitrogen and oxygen atoms in total. The van der Waals surface area contributed by atoms with Gasteiger partial charge in [-0.2, -0.15) is 4.72 Å². The van der Waals surface area contributed by atoms with Gasteiger partial charge in [-0.15, -0.1) is 0 Å². The first-order valence-electron chi connectivity index (χ1n) is 8.69. The molecule has 1 rings (SSSR count). The molecule has 146 valence electrons. The van der Waals surface area contributed by atoms with E-state index in [1.807, 2.05) is 27.7 Å². The molecule has 1 aromatic carbocycles. The maximum atomic E-state index is 12.6. The van der Waals surface area contributed by atoms with E-state index in [0.717, 1.165) is 5.56 Å². The Morgan fingerprint density at radius 2 is 1.69 bits per heavy atom. The predicted molar refractivity (Wildman–Crippen MR) is 99.2 cm³/mol. The molecule has 0 saturated heterocycles. The van der Waals surface area contributed by atoms with Crippen LogP contribution in [0.2, 0.25) is 0 Å². The van der Waals surface area contributed by atoms with Crippen LogP contribution in [0.3, 0.4) is 0 Å². The van der Waals surface area contributed by atoms with Crippen molar-refractivity contribution in [2.75, 3.05) is 0 Å². The van der Waals surface area contributed by atoms with E-state index in [2.05, 4.69) is 10.0 Å². The summed E-state index contributed by atoms with van der Waals surface area (Å²) in [7, 11) is -3.89. The summed E-state index contributed by atoms with van der Waals surface area (Å²) in [6.07, 6.45) is 1.12. The number of hydrogen-bond donors (Lipinski definition) is 3. The molecule has 1 amide bonds. The zero-order valence-corrected chi connectivity index (χ0v) is 16.5. The monoisotopic (exact) mass is 384 g/mol. The molecule has 1 aromatic rings. The Kier molecular flexibility index (Phi) is 8.23. The maximum absolute atomic E-state index is 12.6. The fourth-order valence-corrected chi connectivity index (χ4v) is 3.68. The highest BCUT2D eigenvalue weighted by Crippen LogP contribution is 2.14. The van der Waals surface area contributed by atoms with E-state index in [0.29, 0.717) is 6.42 Å². The molecule has 0 heterocycles. The Balaban J connectivity index is 3.00. The van der Waals surface area contributed by atoms with Gasteiger partial charge in [0.05, 0.1) is 4.90 Å². The minimum absolute atomic E-state index is 0.0425. The molecule has 0 aliphatic carbocycles. The van der Waals surface area contributed by atoms with Crippen LogP contribution >= 0.6 is 0 Å². The van der Waals surface area contributed by atoms with Gasteiger partial charge >= 0.3 is 5.97 Å². The number of carboxylic acid groups (broad SMARTS) is 1. The normalized spacial score (nSPS) is 14.0. The first-order valence-corrected chi connectivity index (χ1v) is 10.2. The highest BCUT2D eigenvalue weighted by Gasteiger charge is 2.29. The lowest BCUT2D eigenvalue weighted by Crippen LogP contribution is -2.51. The van der Waals surface area contributed by atoms with Gasteiger partial charge in [0.1, 0.15) is 12.1 Å². The highest BCUT2D eigenvalue weighted by atomic mass is 32.2. The molecule has 0 fully saturated rings. The number of carboxylic acids is 1. The molecule has 2 unspecified atom stereocenters. The number of aryl methyl sites for hydroxylation is 1. The maximum Gasteiger partial charge on any atom is 0.326 e. The average molecular weight is 384 g/mol. The highest BCUT2D eigenvalue weighted by molar-refractivity contribution is 7.89. The van der Waals surface area contributed by atoms with Crippen LogP contribution in [0.15, 0.2) is 29.2 Å². The van der Waals surface area contributed by atoms with Gasteiger partial charge in [0.2, 0.25) is 15.9 Å². The Morgan fingerprint density at radius 3 is 2.15 bits per heavy atom. The van der Waals surface area contributed by atoms with Crippen LogP contribution in [0.4, 0.5) is 0 Å². The van der Waals surface area contributed by atoms with E-state index in [1.54, 1.807) is 12.1 Å². The zero-order chi connectivity index (χ0) is 19.9. The summed E-state index contributed by atoms with van der Waals surface area (Å²) < 4.78 is 27.6. The van der Waals surface area contributed by atoms with Gasteiger partial charge in [0, 0.05) is 0 Å². The van der Waals surface area contributed by atoms with Crippen LogP contribution in [0.25, 0.3) is 0 Å². The Labute approximate surface area is 155 Å². The van der Waals surface area contributed by atoms with Crippen molar-refractivity contribution in [1.82, 2.24) is 10.0 Å². The van der Waals surface area contributed by atoms with Crippen molar-refractivity contribution < 1.29 is 23.1 Å². The second kappa shape index (κ2) is 9.68. The van der Waals surface area contributed by atoms with Crippen molar-refractivity contribution in [2.24, 2.45) is 5.92 Å². The molecule has 0 aliphatic heterocycles. The molecule has 0 radical (unpaired) electrons. The molecule has 0 saturated carbocycles. The molecular weight excluding hydrogens is 356 g/mol. The van der Waals surface area contributed by atoms with E-state index in [4.69, 9.17) is 0 Å². The van der Waals surface area contributed by atoms with E-state index in [-0.39, 0.29) is 23.7 Å². The van der Waals surface area contributed by atoms with Crippen molar-refractivity contribution in [3.05, 3.63) is 29.8 Å². The molecule has 0 aliphatic rings. The summed E-state index contributed by atoms with van der Waals surface area (Å²) in [6.45, 7) is 7.38. The molecular formula is C18H28N2O5S. The van der Waals surface area contributed by atoms with Gasteiger partial charge in [-0.1, -0.05) is 44.9 Å². The summed E-state index contributed by atoms with van der Waals surface area (Å²) in [5.41, 5.74) is 0.921. The van der Waals surface area contributed by atoms with Crippen LogP contribution in [-0.4, -0.2) is 37.5 Å². The van der Waals surface area contributed by atoms with Crippen LogP contribution in [0.1, 0.15) is 45.6 Å². The number of hydrogen-bond acceptors (Lipinski definition) is 4. The smallest absolute Gasteiger partial charge is 0.326 e. The lowest BCUT2D eigenvalue weighted by molar-refractivity contribution is -0.142. The zero-order valence-electron chi connectivity index (χ0n) is 15.7. The largest absolute Gasteiger partial charge is 0.480 e. The van der Waals surface area contributed by atoms with Crippen LogP contribution < -0.4 is 10.0 Å². The third-order valence-electron chi connectivity index (χ3n) is 3.84. The Morgan fingerprint density at radius 1 is 1.12 bits per heavy atom. The predicted octanol–water partition coefficient (Wildman–Crippen LogP) is 2.06. The SMILES string of the molecule is CCCC(NC(=O)C(CC(C)C)NS(=O)(=O)c1ccc(C)cc1)C(=O)O. The van der Waals surface area contributed by atoms with E-state index in [9.17, 15) is 23.1 Å². The summed E-state index contributed by atoms with van der Waals surface area (Å²) in [5.74, 6) is -1.72. The van der Waals surface area contributed by atoms with Crippen molar-refractivity contribution >= 4 is 21.9 Å². The van der Waals surface area contributed by atoms with Crippen molar-refractivity contribution in [1.29, 1.82) is 0 Å². The third kappa shape index (κ3) is 6.76. The Bertz CT molecular complexity index is 714. The summed E-state index contributed by atoms with van der Waals surface area (Å²) in [6, 6.07) is 4.21. The first kappa shape index (κ1) is 22.1. The standard InChI is InChI=1S/C18H28N2O5S/c1-5-6-15(18(22)23)19-17(21)16(11-12(2)3)20-26(24,25)14-9-7-13(4)8-10-14/h7-10,12,15-16,20H,5-6,11H2,1-4H3,(H,19,21)(H,22,23). The number of carbonyl (C=O) groups is 2. The fourth-order valence-electron chi connectivity index (χ4n) is 2.47. The van der Waals surface area contributed by atoms with E-state index < -0.39 is 34.0 Å². The number of aliphatic carboxylic acids is 1. The summed E-state index contributed by atoms with van der Waals surface area (Å²) in [5, 5.41) is 11.6. The molecule has 0 spiro atoms. The molecule has 8 heteroatoms. The number of carbonyl (C=O) groups excluding carboxylic acids is 1. The second-order valence-electron chi connectivity index (χ2n) is 6.80. The topological polar surface area (TPSA) is 113 Å². The van der Waals surface area contributed by atoms with Gasteiger partial charge in [0.25, 0.3) is 0 Å². The van der Waals surface area contributed by atoms with Gasteiger partial charge in [-0.05, 0) is 37.8 Å². The minimum Gasteiger partial charge on any atom is -0.480 e. The number of sulfonamides is 1. The second-order valence-corrected chi connectivity index (χ2v) is 8.52. The lowest BCUT2D eigenvalue weighted by Gasteiger charge is -2.22. The van der Waals surface area contributed by atoms with Gasteiger partial charge < -0.3 is 10.4 Å². The number of benzene rings is 1. The van der Waals surface area contributed by atoms with Gasteiger partial charge in [0.15, 0.2) is 0 Å². The van der Waals surface area contributed by atoms with Crippen LogP contribution in [-0.2, 0) is 19.6 Å². The van der Waals surface area contributed by atoms with Gasteiger partial charge in [-0.3, -0.25) is 4.79 Å². The van der Waals surface area contributed by atoms with Crippen LogP contribution in [0.5, 0.6) is 0 Å². The van der Waals surface area contributed by atoms with E-state index in [1.165, 1.54) is 12.1 Å². The molecule has 26 heavy (non-hydrogen) atoms. The summed E-state index contributed by atoms with van der Waals surface area (Å²) in [4.78, 5) is 23.8. The van der Waals surface area contributed by atoms with Crippen molar-refractivity contribution in [3.8, 4) is 0 Å². The molecule has 3 N–H and O–H groups in total. The van der Waals surface area contributed by atoms with Crippen molar-refractivity contribution in [3.63, 3.8) is 0 Å². The average Bonchev–Trinajstić information content (AvgIpc) is 2.53. The molecule has 2 atom stereocenters.